The standard InChI is InChI=1S/C17H20N2O3/c1-4-19-14-9-18(11(2)20)10-17(14,3)15(21)12-7-5-6-8-13(12)16(19)22/h5-8,14H,4,9-10H2,1-3H3/t14-,17+/m1/s1. The molecule has 0 bridgehead atoms. The quantitative estimate of drug-likeness (QED) is 0.791. The second kappa shape index (κ2) is 4.93. The van der Waals surface area contributed by atoms with Gasteiger partial charge in [-0.15, -0.1) is 0 Å². The van der Waals surface area contributed by atoms with Crippen LogP contribution in [0.25, 0.3) is 0 Å². The molecule has 0 saturated carbocycles. The number of Topliss-reactive ketones (excluding diaryl/α,β-unsaturated/α-hetero) is 1. The maximum absolute atomic E-state index is 13.1. The van der Waals surface area contributed by atoms with Gasteiger partial charge in [0.2, 0.25) is 5.91 Å². The lowest BCUT2D eigenvalue weighted by molar-refractivity contribution is -0.128. The van der Waals surface area contributed by atoms with Crippen molar-refractivity contribution in [2.24, 2.45) is 5.41 Å². The summed E-state index contributed by atoms with van der Waals surface area (Å²) in [6, 6.07) is 6.72. The number of hydrogen-bond acceptors (Lipinski definition) is 3. The van der Waals surface area contributed by atoms with Crippen LogP contribution in [0.5, 0.6) is 0 Å². The molecule has 3 rings (SSSR count). The van der Waals surface area contributed by atoms with Crippen molar-refractivity contribution >= 4 is 17.6 Å². The van der Waals surface area contributed by atoms with Crippen LogP contribution in [0, 0.1) is 5.41 Å². The van der Waals surface area contributed by atoms with E-state index in [4.69, 9.17) is 0 Å². The van der Waals surface area contributed by atoms with Crippen LogP contribution in [0.2, 0.25) is 0 Å². The number of nitrogens with zero attached hydrogens (tertiary/aromatic N) is 2. The fourth-order valence-corrected chi connectivity index (χ4v) is 3.72. The largest absolute Gasteiger partial charge is 0.340 e. The van der Waals surface area contributed by atoms with Crippen LogP contribution >= 0.6 is 0 Å². The number of likely N-dealkylation sites (N-methyl/N-ethyl adjacent to an activating group) is 1. The second-order valence-electron chi connectivity index (χ2n) is 6.30. The number of carbonyl (C=O) groups excluding carboxylic acids is 3. The summed E-state index contributed by atoms with van der Waals surface area (Å²) in [5.74, 6) is -0.217. The number of rotatable bonds is 1. The van der Waals surface area contributed by atoms with Gasteiger partial charge in [-0.05, 0) is 19.9 Å². The minimum absolute atomic E-state index is 0.0406. The summed E-state index contributed by atoms with van der Waals surface area (Å²) in [4.78, 5) is 41.1. The van der Waals surface area contributed by atoms with Gasteiger partial charge in [0.05, 0.1) is 17.0 Å². The van der Waals surface area contributed by atoms with E-state index in [0.717, 1.165) is 0 Å². The smallest absolute Gasteiger partial charge is 0.254 e. The Morgan fingerprint density at radius 3 is 2.50 bits per heavy atom. The minimum Gasteiger partial charge on any atom is -0.340 e. The maximum atomic E-state index is 13.1. The number of amides is 2. The molecule has 1 aromatic rings. The molecule has 5 nitrogen and oxygen atoms in total. The maximum Gasteiger partial charge on any atom is 0.254 e. The minimum atomic E-state index is -0.746. The van der Waals surface area contributed by atoms with Crippen LogP contribution in [-0.4, -0.2) is 53.1 Å². The molecule has 1 saturated heterocycles. The van der Waals surface area contributed by atoms with Crippen molar-refractivity contribution in [2.75, 3.05) is 19.6 Å². The lowest BCUT2D eigenvalue weighted by atomic mass is 9.78. The van der Waals surface area contributed by atoms with Gasteiger partial charge in [-0.25, -0.2) is 0 Å². The Morgan fingerprint density at radius 2 is 1.91 bits per heavy atom. The molecule has 0 unspecified atom stereocenters. The van der Waals surface area contributed by atoms with E-state index in [-0.39, 0.29) is 23.6 Å². The molecule has 2 atom stereocenters. The summed E-state index contributed by atoms with van der Waals surface area (Å²) < 4.78 is 0. The molecule has 0 N–H and O–H groups in total. The van der Waals surface area contributed by atoms with Gasteiger partial charge >= 0.3 is 0 Å². The van der Waals surface area contributed by atoms with Crippen molar-refractivity contribution in [3.63, 3.8) is 0 Å². The molecule has 5 heteroatoms. The molecule has 2 aliphatic rings. The van der Waals surface area contributed by atoms with Gasteiger partial charge in [0.1, 0.15) is 0 Å². The summed E-state index contributed by atoms with van der Waals surface area (Å²) >= 11 is 0. The van der Waals surface area contributed by atoms with Crippen molar-refractivity contribution in [1.82, 2.24) is 9.80 Å². The van der Waals surface area contributed by atoms with E-state index < -0.39 is 5.41 Å². The molecule has 22 heavy (non-hydrogen) atoms. The molecule has 2 amide bonds. The summed E-state index contributed by atoms with van der Waals surface area (Å²) in [5.41, 5.74) is 0.199. The Kier molecular flexibility index (Phi) is 3.31. The number of benzene rings is 1. The third kappa shape index (κ3) is 1.88. The van der Waals surface area contributed by atoms with E-state index in [1.54, 1.807) is 34.1 Å². The normalized spacial score (nSPS) is 27.5. The Morgan fingerprint density at radius 1 is 1.27 bits per heavy atom. The molecule has 0 aromatic heterocycles. The molecule has 116 valence electrons. The number of hydrogen-bond donors (Lipinski definition) is 0. The van der Waals surface area contributed by atoms with Gasteiger partial charge in [0.25, 0.3) is 5.91 Å². The van der Waals surface area contributed by atoms with Gasteiger partial charge in [-0.3, -0.25) is 14.4 Å². The predicted molar refractivity (Wildman–Crippen MR) is 81.6 cm³/mol. The third-order valence-electron chi connectivity index (χ3n) is 4.99. The van der Waals surface area contributed by atoms with Gasteiger partial charge in [-0.2, -0.15) is 0 Å². The van der Waals surface area contributed by atoms with Crippen molar-refractivity contribution in [1.29, 1.82) is 0 Å². The fourth-order valence-electron chi connectivity index (χ4n) is 3.72. The van der Waals surface area contributed by atoms with Gasteiger partial charge in [0.15, 0.2) is 5.78 Å². The topological polar surface area (TPSA) is 57.7 Å². The first-order chi connectivity index (χ1) is 10.4. The van der Waals surface area contributed by atoms with Crippen LogP contribution in [0.1, 0.15) is 41.5 Å². The molecule has 2 aliphatic heterocycles. The highest BCUT2D eigenvalue weighted by atomic mass is 16.2. The van der Waals surface area contributed by atoms with Crippen molar-refractivity contribution < 1.29 is 14.4 Å². The summed E-state index contributed by atoms with van der Waals surface area (Å²) in [6.45, 7) is 6.60. The Balaban J connectivity index is 2.17. The summed E-state index contributed by atoms with van der Waals surface area (Å²) in [7, 11) is 0. The van der Waals surface area contributed by atoms with E-state index >= 15 is 0 Å². The Labute approximate surface area is 129 Å². The van der Waals surface area contributed by atoms with Crippen LogP contribution in [0.4, 0.5) is 0 Å². The molecule has 0 aliphatic carbocycles. The molecule has 2 heterocycles. The first-order valence-electron chi connectivity index (χ1n) is 7.60. The SMILES string of the molecule is CCN1C(=O)c2ccccc2C(=O)[C@@]2(C)CN(C(C)=O)C[C@@H]12. The monoisotopic (exact) mass is 300 g/mol. The summed E-state index contributed by atoms with van der Waals surface area (Å²) in [6.07, 6.45) is 0. The van der Waals surface area contributed by atoms with Crippen LogP contribution in [0.3, 0.4) is 0 Å². The van der Waals surface area contributed by atoms with Gasteiger partial charge in [-0.1, -0.05) is 18.2 Å². The van der Waals surface area contributed by atoms with E-state index in [2.05, 4.69) is 0 Å². The highest BCUT2D eigenvalue weighted by Crippen LogP contribution is 2.40. The second-order valence-corrected chi connectivity index (χ2v) is 6.30. The van der Waals surface area contributed by atoms with Gasteiger partial charge in [0, 0.05) is 32.1 Å². The van der Waals surface area contributed by atoms with E-state index in [9.17, 15) is 14.4 Å². The van der Waals surface area contributed by atoms with Crippen LogP contribution < -0.4 is 0 Å². The first kappa shape index (κ1) is 14.8. The van der Waals surface area contributed by atoms with Gasteiger partial charge < -0.3 is 9.80 Å². The van der Waals surface area contributed by atoms with Crippen LogP contribution in [-0.2, 0) is 4.79 Å². The number of likely N-dealkylation sites (tertiary alicyclic amines) is 1. The number of ketones is 1. The molecular weight excluding hydrogens is 280 g/mol. The van der Waals surface area contributed by atoms with E-state index in [0.29, 0.717) is 30.8 Å². The predicted octanol–water partition coefficient (Wildman–Crippen LogP) is 1.58. The van der Waals surface area contributed by atoms with Crippen molar-refractivity contribution in [2.45, 2.75) is 26.8 Å². The van der Waals surface area contributed by atoms with Crippen molar-refractivity contribution in [3.8, 4) is 0 Å². The zero-order valence-electron chi connectivity index (χ0n) is 13.1. The molecule has 1 fully saturated rings. The first-order valence-corrected chi connectivity index (χ1v) is 7.60. The molecule has 0 radical (unpaired) electrons. The van der Waals surface area contributed by atoms with E-state index in [1.807, 2.05) is 13.8 Å². The highest BCUT2D eigenvalue weighted by molar-refractivity contribution is 6.12. The molecule has 1 aromatic carbocycles. The molecular formula is C17H20N2O3. The third-order valence-corrected chi connectivity index (χ3v) is 4.99. The van der Waals surface area contributed by atoms with Crippen molar-refractivity contribution in [3.05, 3.63) is 35.4 Å². The Hall–Kier alpha value is -2.17. The average Bonchev–Trinajstić information content (AvgIpc) is 2.84. The lowest BCUT2D eigenvalue weighted by Crippen LogP contribution is -2.49. The average molecular weight is 300 g/mol. The number of fused-ring (bicyclic) bond motifs is 2. The zero-order chi connectivity index (χ0) is 16.1. The Bertz CT molecular complexity index is 670. The van der Waals surface area contributed by atoms with E-state index in [1.165, 1.54) is 6.92 Å². The number of carbonyl (C=O) groups is 3. The fraction of sp³-hybridized carbons (Fsp3) is 0.471. The zero-order valence-corrected chi connectivity index (χ0v) is 13.1. The van der Waals surface area contributed by atoms with Crippen LogP contribution in [0.15, 0.2) is 24.3 Å². The lowest BCUT2D eigenvalue weighted by Gasteiger charge is -2.34. The highest BCUT2D eigenvalue weighted by Gasteiger charge is 2.54. The summed E-state index contributed by atoms with van der Waals surface area (Å²) in [5, 5.41) is 0. The molecule has 0 spiro atoms.